The number of carboxylic acids is 1. The molecule has 0 saturated carbocycles. The Labute approximate surface area is 111 Å². The van der Waals surface area contributed by atoms with Crippen LogP contribution < -0.4 is 5.32 Å². The first-order valence-electron chi connectivity index (χ1n) is 6.35. The predicted molar refractivity (Wildman–Crippen MR) is 74.4 cm³/mol. The number of fused-ring (bicyclic) bond motifs is 1. The number of nitrogens with zero attached hydrogens (tertiary/aromatic N) is 2. The fraction of sp³-hybridized carbons (Fsp3) is 0.357. The lowest BCUT2D eigenvalue weighted by atomic mass is 10.1. The van der Waals surface area contributed by atoms with Crippen LogP contribution in [0.3, 0.4) is 0 Å². The molecule has 0 fully saturated rings. The molecule has 0 aliphatic heterocycles. The van der Waals surface area contributed by atoms with Crippen molar-refractivity contribution in [2.75, 3.05) is 11.9 Å². The molecule has 1 aromatic heterocycles. The maximum absolute atomic E-state index is 11.0. The van der Waals surface area contributed by atoms with Crippen LogP contribution in [0.25, 0.3) is 10.9 Å². The van der Waals surface area contributed by atoms with E-state index in [9.17, 15) is 4.79 Å². The van der Waals surface area contributed by atoms with E-state index in [1.807, 2.05) is 18.2 Å². The molecule has 5 nitrogen and oxygen atoms in total. The number of benzene rings is 1. The summed E-state index contributed by atoms with van der Waals surface area (Å²) in [4.78, 5) is 19.2. The Morgan fingerprint density at radius 1 is 1.37 bits per heavy atom. The standard InChI is InChI=1S/C14H17N3O2/c1-3-9(2)8-15-12-10-6-4-5-7-11(10)16-13(17-12)14(18)19/h4-7,9H,3,8H2,1-2H3,(H,18,19)(H,15,16,17). The van der Waals surface area contributed by atoms with Gasteiger partial charge in [-0.3, -0.25) is 0 Å². The highest BCUT2D eigenvalue weighted by Crippen LogP contribution is 2.20. The smallest absolute Gasteiger partial charge is 0.374 e. The van der Waals surface area contributed by atoms with Gasteiger partial charge in [-0.05, 0) is 18.1 Å². The van der Waals surface area contributed by atoms with E-state index in [2.05, 4.69) is 29.1 Å². The van der Waals surface area contributed by atoms with Gasteiger partial charge in [-0.25, -0.2) is 14.8 Å². The summed E-state index contributed by atoms with van der Waals surface area (Å²) in [5, 5.41) is 13.1. The molecule has 19 heavy (non-hydrogen) atoms. The molecule has 0 bridgehead atoms. The van der Waals surface area contributed by atoms with Crippen molar-refractivity contribution in [3.8, 4) is 0 Å². The summed E-state index contributed by atoms with van der Waals surface area (Å²) in [5.41, 5.74) is 0.640. The third-order valence-corrected chi connectivity index (χ3v) is 3.11. The van der Waals surface area contributed by atoms with E-state index in [0.717, 1.165) is 18.4 Å². The van der Waals surface area contributed by atoms with Crippen molar-refractivity contribution < 1.29 is 9.90 Å². The first kappa shape index (κ1) is 13.3. The quantitative estimate of drug-likeness (QED) is 0.863. The van der Waals surface area contributed by atoms with E-state index in [4.69, 9.17) is 5.11 Å². The number of aromatic carboxylic acids is 1. The molecular formula is C14H17N3O2. The Bertz CT molecular complexity index is 598. The van der Waals surface area contributed by atoms with Crippen molar-refractivity contribution in [2.45, 2.75) is 20.3 Å². The zero-order valence-corrected chi connectivity index (χ0v) is 11.1. The molecule has 1 heterocycles. The average molecular weight is 259 g/mol. The number of hydrogen-bond donors (Lipinski definition) is 2. The van der Waals surface area contributed by atoms with Gasteiger partial charge < -0.3 is 10.4 Å². The molecule has 2 rings (SSSR count). The van der Waals surface area contributed by atoms with Gasteiger partial charge in [0.05, 0.1) is 5.52 Å². The van der Waals surface area contributed by atoms with Gasteiger partial charge in [-0.15, -0.1) is 0 Å². The van der Waals surface area contributed by atoms with Crippen LogP contribution >= 0.6 is 0 Å². The van der Waals surface area contributed by atoms with E-state index in [1.54, 1.807) is 6.07 Å². The first-order valence-corrected chi connectivity index (χ1v) is 6.35. The van der Waals surface area contributed by atoms with Crippen molar-refractivity contribution in [3.63, 3.8) is 0 Å². The molecule has 0 radical (unpaired) electrons. The summed E-state index contributed by atoms with van der Waals surface area (Å²) in [6.45, 7) is 5.01. The van der Waals surface area contributed by atoms with Crippen LogP contribution in [-0.2, 0) is 0 Å². The fourth-order valence-electron chi connectivity index (χ4n) is 1.72. The molecule has 0 saturated heterocycles. The minimum absolute atomic E-state index is 0.176. The van der Waals surface area contributed by atoms with Crippen molar-refractivity contribution in [1.82, 2.24) is 9.97 Å². The highest BCUT2D eigenvalue weighted by molar-refractivity contribution is 5.93. The first-order chi connectivity index (χ1) is 9.11. The number of para-hydroxylation sites is 1. The second kappa shape index (κ2) is 5.65. The second-order valence-corrected chi connectivity index (χ2v) is 4.61. The van der Waals surface area contributed by atoms with E-state index >= 15 is 0 Å². The van der Waals surface area contributed by atoms with Gasteiger partial charge >= 0.3 is 5.97 Å². The minimum atomic E-state index is -1.11. The Morgan fingerprint density at radius 2 is 2.11 bits per heavy atom. The molecule has 1 atom stereocenters. The van der Waals surface area contributed by atoms with E-state index in [-0.39, 0.29) is 5.82 Å². The molecule has 0 aliphatic carbocycles. The molecule has 1 aromatic carbocycles. The molecule has 1 unspecified atom stereocenters. The predicted octanol–water partition coefficient (Wildman–Crippen LogP) is 2.79. The summed E-state index contributed by atoms with van der Waals surface area (Å²) in [5.74, 6) is -0.201. The largest absolute Gasteiger partial charge is 0.475 e. The van der Waals surface area contributed by atoms with Crippen LogP contribution in [0.15, 0.2) is 24.3 Å². The Hall–Kier alpha value is -2.17. The number of anilines is 1. The maximum Gasteiger partial charge on any atom is 0.374 e. The summed E-state index contributed by atoms with van der Waals surface area (Å²) >= 11 is 0. The van der Waals surface area contributed by atoms with Crippen molar-refractivity contribution in [2.24, 2.45) is 5.92 Å². The summed E-state index contributed by atoms with van der Waals surface area (Å²) < 4.78 is 0. The summed E-state index contributed by atoms with van der Waals surface area (Å²) in [7, 11) is 0. The summed E-state index contributed by atoms with van der Waals surface area (Å²) in [6.07, 6.45) is 1.06. The Kier molecular flexibility index (Phi) is 3.94. The number of hydrogen-bond acceptors (Lipinski definition) is 4. The van der Waals surface area contributed by atoms with Gasteiger partial charge in [-0.1, -0.05) is 32.4 Å². The topological polar surface area (TPSA) is 75.1 Å². The van der Waals surface area contributed by atoms with Gasteiger partial charge in [0.1, 0.15) is 5.82 Å². The van der Waals surface area contributed by atoms with Gasteiger partial charge in [0.25, 0.3) is 0 Å². The molecule has 0 spiro atoms. The third kappa shape index (κ3) is 2.99. The lowest BCUT2D eigenvalue weighted by molar-refractivity contribution is 0.0684. The van der Waals surface area contributed by atoms with Gasteiger partial charge in [0, 0.05) is 11.9 Å². The molecule has 0 amide bonds. The second-order valence-electron chi connectivity index (χ2n) is 4.61. The Balaban J connectivity index is 2.41. The zero-order chi connectivity index (χ0) is 13.8. The van der Waals surface area contributed by atoms with Gasteiger partial charge in [0.15, 0.2) is 0 Å². The SMILES string of the molecule is CCC(C)CNc1nc(C(=O)O)nc2ccccc12. The van der Waals surface area contributed by atoms with E-state index in [1.165, 1.54) is 0 Å². The lowest BCUT2D eigenvalue weighted by Gasteiger charge is -2.12. The van der Waals surface area contributed by atoms with Crippen LogP contribution in [0.4, 0.5) is 5.82 Å². The number of nitrogens with one attached hydrogen (secondary N) is 1. The Morgan fingerprint density at radius 3 is 2.79 bits per heavy atom. The molecule has 2 N–H and O–H groups in total. The molecule has 2 aromatic rings. The molecular weight excluding hydrogens is 242 g/mol. The number of carbonyl (C=O) groups is 1. The van der Waals surface area contributed by atoms with Crippen LogP contribution in [0.1, 0.15) is 30.9 Å². The molecule has 100 valence electrons. The van der Waals surface area contributed by atoms with Gasteiger partial charge in [-0.2, -0.15) is 0 Å². The average Bonchev–Trinajstić information content (AvgIpc) is 2.43. The third-order valence-electron chi connectivity index (χ3n) is 3.11. The number of rotatable bonds is 5. The van der Waals surface area contributed by atoms with E-state index in [0.29, 0.717) is 17.3 Å². The highest BCUT2D eigenvalue weighted by Gasteiger charge is 2.12. The minimum Gasteiger partial charge on any atom is -0.475 e. The van der Waals surface area contributed by atoms with Crippen LogP contribution in [0.2, 0.25) is 0 Å². The zero-order valence-electron chi connectivity index (χ0n) is 11.1. The molecule has 5 heteroatoms. The van der Waals surface area contributed by atoms with Crippen LogP contribution in [-0.4, -0.2) is 27.6 Å². The molecule has 0 aliphatic rings. The highest BCUT2D eigenvalue weighted by atomic mass is 16.4. The number of aromatic nitrogens is 2. The van der Waals surface area contributed by atoms with Crippen LogP contribution in [0.5, 0.6) is 0 Å². The van der Waals surface area contributed by atoms with Crippen LogP contribution in [0, 0.1) is 5.92 Å². The maximum atomic E-state index is 11.0. The van der Waals surface area contributed by atoms with Crippen molar-refractivity contribution in [3.05, 3.63) is 30.1 Å². The van der Waals surface area contributed by atoms with Gasteiger partial charge in [0.2, 0.25) is 5.82 Å². The fourth-order valence-corrected chi connectivity index (χ4v) is 1.72. The monoisotopic (exact) mass is 259 g/mol. The van der Waals surface area contributed by atoms with E-state index < -0.39 is 5.97 Å². The lowest BCUT2D eigenvalue weighted by Crippen LogP contribution is -2.14. The van der Waals surface area contributed by atoms with Crippen molar-refractivity contribution >= 4 is 22.7 Å². The normalized spacial score (nSPS) is 12.3. The van der Waals surface area contributed by atoms with Crippen molar-refractivity contribution in [1.29, 1.82) is 0 Å². The summed E-state index contributed by atoms with van der Waals surface area (Å²) in [6, 6.07) is 7.40. The number of carboxylic acid groups (broad SMARTS) is 1.